The lowest BCUT2D eigenvalue weighted by Crippen LogP contribution is -2.22. The molecule has 0 aromatic heterocycles. The topological polar surface area (TPSA) is 46.2 Å². The first-order chi connectivity index (χ1) is 4.66. The zero-order valence-electron chi connectivity index (χ0n) is 5.40. The molecule has 4 heteroatoms. The van der Waals surface area contributed by atoms with Gasteiger partial charge in [0.05, 0.1) is 4.48 Å². The maximum Gasteiger partial charge on any atom is 0.265 e. The van der Waals surface area contributed by atoms with E-state index in [9.17, 15) is 9.59 Å². The summed E-state index contributed by atoms with van der Waals surface area (Å²) in [5, 5.41) is 2.17. The quantitative estimate of drug-likeness (QED) is 0.639. The summed E-state index contributed by atoms with van der Waals surface area (Å²) >= 11 is 3.02. The van der Waals surface area contributed by atoms with Crippen LogP contribution in [0.2, 0.25) is 0 Å². The van der Waals surface area contributed by atoms with E-state index in [1.165, 1.54) is 0 Å². The van der Waals surface area contributed by atoms with E-state index < -0.39 is 0 Å². The number of amides is 2. The van der Waals surface area contributed by atoms with E-state index in [-0.39, 0.29) is 11.8 Å². The van der Waals surface area contributed by atoms with Gasteiger partial charge >= 0.3 is 0 Å². The maximum atomic E-state index is 10.8. The Hall–Kier alpha value is -0.640. The van der Waals surface area contributed by atoms with E-state index in [0.29, 0.717) is 16.5 Å². The second-order valence-electron chi connectivity index (χ2n) is 1.93. The first kappa shape index (κ1) is 7.47. The summed E-state index contributed by atoms with van der Waals surface area (Å²) in [6.45, 7) is 1.83. The maximum absolute atomic E-state index is 10.8. The molecule has 0 radical (unpaired) electrons. The largest absolute Gasteiger partial charge is 0.288 e. The Morgan fingerprint density at radius 3 is 2.20 bits per heavy atom. The van der Waals surface area contributed by atoms with Crippen LogP contribution in [0.1, 0.15) is 13.3 Å². The smallest absolute Gasteiger partial charge is 0.265 e. The van der Waals surface area contributed by atoms with Crippen molar-refractivity contribution in [3.8, 4) is 0 Å². The van der Waals surface area contributed by atoms with Gasteiger partial charge in [-0.05, 0) is 22.4 Å². The zero-order valence-corrected chi connectivity index (χ0v) is 6.99. The highest BCUT2D eigenvalue weighted by atomic mass is 79.9. The van der Waals surface area contributed by atoms with Gasteiger partial charge in [0, 0.05) is 5.57 Å². The Kier molecular flexibility index (Phi) is 1.89. The highest BCUT2D eigenvalue weighted by Crippen LogP contribution is 2.20. The van der Waals surface area contributed by atoms with Crippen molar-refractivity contribution in [3.05, 3.63) is 10.1 Å². The van der Waals surface area contributed by atoms with Gasteiger partial charge in [-0.15, -0.1) is 0 Å². The van der Waals surface area contributed by atoms with Crippen LogP contribution in [0, 0.1) is 0 Å². The van der Waals surface area contributed by atoms with Crippen LogP contribution in [-0.2, 0) is 9.59 Å². The molecule has 54 valence electrons. The van der Waals surface area contributed by atoms with Crippen LogP contribution in [0.4, 0.5) is 0 Å². The number of rotatable bonds is 1. The molecular formula is C6H6BrNO2. The summed E-state index contributed by atoms with van der Waals surface area (Å²) in [6.07, 6.45) is 0.582. The molecule has 0 saturated carbocycles. The lowest BCUT2D eigenvalue weighted by Gasteiger charge is -1.89. The molecule has 0 unspecified atom stereocenters. The average Bonchev–Trinajstić information content (AvgIpc) is 2.09. The molecule has 1 N–H and O–H groups in total. The van der Waals surface area contributed by atoms with Gasteiger partial charge in [-0.3, -0.25) is 14.9 Å². The number of hydrogen-bond acceptors (Lipinski definition) is 2. The molecule has 10 heavy (non-hydrogen) atoms. The Morgan fingerprint density at radius 2 is 2.00 bits per heavy atom. The zero-order chi connectivity index (χ0) is 7.72. The molecule has 1 heterocycles. The molecular weight excluding hydrogens is 198 g/mol. The minimum Gasteiger partial charge on any atom is -0.288 e. The van der Waals surface area contributed by atoms with Gasteiger partial charge in [-0.1, -0.05) is 6.92 Å². The van der Waals surface area contributed by atoms with Crippen LogP contribution < -0.4 is 5.32 Å². The Morgan fingerprint density at radius 1 is 1.40 bits per heavy atom. The molecule has 0 saturated heterocycles. The van der Waals surface area contributed by atoms with E-state index in [1.807, 2.05) is 6.92 Å². The number of nitrogens with one attached hydrogen (secondary N) is 1. The standard InChI is InChI=1S/C6H6BrNO2/c1-2-3-4(7)6(10)8-5(3)9/h2H2,1H3,(H,8,9,10). The fourth-order valence-electron chi connectivity index (χ4n) is 0.786. The van der Waals surface area contributed by atoms with Gasteiger partial charge in [0.15, 0.2) is 0 Å². The summed E-state index contributed by atoms with van der Waals surface area (Å²) in [6, 6.07) is 0. The van der Waals surface area contributed by atoms with Crippen LogP contribution in [0.3, 0.4) is 0 Å². The predicted octanol–water partition coefficient (Wildman–Crippen LogP) is 0.702. The van der Waals surface area contributed by atoms with Crippen molar-refractivity contribution in [2.24, 2.45) is 0 Å². The molecule has 0 spiro atoms. The van der Waals surface area contributed by atoms with Gasteiger partial charge < -0.3 is 0 Å². The Bertz CT molecular complexity index is 232. The minimum atomic E-state index is -0.332. The van der Waals surface area contributed by atoms with Gasteiger partial charge in [0.1, 0.15) is 0 Å². The third-order valence-corrected chi connectivity index (χ3v) is 2.16. The van der Waals surface area contributed by atoms with Crippen molar-refractivity contribution in [2.45, 2.75) is 13.3 Å². The van der Waals surface area contributed by atoms with E-state index in [0.717, 1.165) is 0 Å². The monoisotopic (exact) mass is 203 g/mol. The highest BCUT2D eigenvalue weighted by Gasteiger charge is 2.26. The summed E-state index contributed by atoms with van der Waals surface area (Å²) in [5.41, 5.74) is 0.532. The van der Waals surface area contributed by atoms with Gasteiger partial charge in [0.2, 0.25) is 0 Å². The molecule has 0 aliphatic carbocycles. The van der Waals surface area contributed by atoms with Gasteiger partial charge in [-0.2, -0.15) is 0 Å². The molecule has 3 nitrogen and oxygen atoms in total. The lowest BCUT2D eigenvalue weighted by molar-refractivity contribution is -0.123. The number of imide groups is 1. The van der Waals surface area contributed by atoms with Crippen LogP contribution in [0.5, 0.6) is 0 Å². The van der Waals surface area contributed by atoms with Crippen molar-refractivity contribution in [3.63, 3.8) is 0 Å². The van der Waals surface area contributed by atoms with E-state index >= 15 is 0 Å². The minimum absolute atomic E-state index is 0.278. The number of carbonyl (C=O) groups is 2. The van der Waals surface area contributed by atoms with Crippen molar-refractivity contribution in [1.82, 2.24) is 5.32 Å². The molecule has 0 aromatic carbocycles. The average molecular weight is 204 g/mol. The molecule has 1 aliphatic rings. The summed E-state index contributed by atoms with van der Waals surface area (Å²) in [7, 11) is 0. The summed E-state index contributed by atoms with van der Waals surface area (Å²) in [4.78, 5) is 21.5. The van der Waals surface area contributed by atoms with Crippen LogP contribution in [0.25, 0.3) is 0 Å². The molecule has 1 aliphatic heterocycles. The Balaban J connectivity index is 3.01. The third kappa shape index (κ3) is 0.988. The number of halogens is 1. The summed E-state index contributed by atoms with van der Waals surface area (Å²) in [5.74, 6) is -0.610. The second kappa shape index (κ2) is 2.54. The van der Waals surface area contributed by atoms with E-state index in [1.54, 1.807) is 0 Å². The SMILES string of the molecule is CCC1=C(Br)C(=O)NC1=O. The molecule has 2 amide bonds. The van der Waals surface area contributed by atoms with E-state index in [4.69, 9.17) is 0 Å². The van der Waals surface area contributed by atoms with Gasteiger partial charge in [-0.25, -0.2) is 0 Å². The van der Waals surface area contributed by atoms with Crippen LogP contribution >= 0.6 is 15.9 Å². The van der Waals surface area contributed by atoms with Crippen molar-refractivity contribution >= 4 is 27.7 Å². The first-order valence-corrected chi connectivity index (χ1v) is 3.70. The van der Waals surface area contributed by atoms with E-state index in [2.05, 4.69) is 21.2 Å². The highest BCUT2D eigenvalue weighted by molar-refractivity contribution is 9.12. The normalized spacial score (nSPS) is 18.2. The number of hydrogen-bond donors (Lipinski definition) is 1. The Labute approximate surface area is 66.6 Å². The van der Waals surface area contributed by atoms with Crippen LogP contribution in [0.15, 0.2) is 10.1 Å². The lowest BCUT2D eigenvalue weighted by atomic mass is 10.2. The summed E-state index contributed by atoms with van der Waals surface area (Å²) < 4.78 is 0.375. The molecule has 0 bridgehead atoms. The first-order valence-electron chi connectivity index (χ1n) is 2.91. The molecule has 0 atom stereocenters. The number of carbonyl (C=O) groups excluding carboxylic acids is 2. The van der Waals surface area contributed by atoms with Gasteiger partial charge in [0.25, 0.3) is 11.8 Å². The molecule has 0 fully saturated rings. The van der Waals surface area contributed by atoms with Crippen molar-refractivity contribution in [1.29, 1.82) is 0 Å². The fraction of sp³-hybridized carbons (Fsp3) is 0.333. The van der Waals surface area contributed by atoms with Crippen LogP contribution in [-0.4, -0.2) is 11.8 Å². The molecule has 1 rings (SSSR count). The third-order valence-electron chi connectivity index (χ3n) is 1.32. The van der Waals surface area contributed by atoms with Crippen molar-refractivity contribution < 1.29 is 9.59 Å². The predicted molar refractivity (Wildman–Crippen MR) is 39.4 cm³/mol. The fourth-order valence-corrected chi connectivity index (χ4v) is 1.35. The van der Waals surface area contributed by atoms with Crippen molar-refractivity contribution in [2.75, 3.05) is 0 Å². The second-order valence-corrected chi connectivity index (χ2v) is 2.72. The molecule has 0 aromatic rings.